The summed E-state index contributed by atoms with van der Waals surface area (Å²) in [5.41, 5.74) is 1.11. The van der Waals surface area contributed by atoms with Crippen molar-refractivity contribution in [1.29, 1.82) is 0 Å². The van der Waals surface area contributed by atoms with Gasteiger partial charge in [0.2, 0.25) is 0 Å². The molecule has 5 heteroatoms. The van der Waals surface area contributed by atoms with Crippen LogP contribution in [0.3, 0.4) is 0 Å². The minimum Gasteiger partial charge on any atom is -0.310 e. The first kappa shape index (κ1) is 15.6. The minimum atomic E-state index is 0.250. The van der Waals surface area contributed by atoms with Gasteiger partial charge < -0.3 is 5.32 Å². The SMILES string of the molecule is CCNC(C)c1ccc(Sc2ccc(Cl)cn2)cc1Cl. The number of aromatic nitrogens is 1. The zero-order valence-electron chi connectivity index (χ0n) is 11.4. The molecule has 0 radical (unpaired) electrons. The van der Waals surface area contributed by atoms with E-state index in [0.29, 0.717) is 5.02 Å². The molecule has 106 valence electrons. The van der Waals surface area contributed by atoms with Crippen molar-refractivity contribution >= 4 is 35.0 Å². The van der Waals surface area contributed by atoms with E-state index in [1.165, 1.54) is 0 Å². The predicted octanol–water partition coefficient (Wildman–Crippen LogP) is 5.21. The number of benzene rings is 1. The molecule has 1 heterocycles. The second-order valence-corrected chi connectivity index (χ2v) is 6.32. The van der Waals surface area contributed by atoms with E-state index >= 15 is 0 Å². The molecular formula is C15H16Cl2N2S. The summed E-state index contributed by atoms with van der Waals surface area (Å²) in [6, 6.07) is 10.1. The molecule has 1 aromatic heterocycles. The highest BCUT2D eigenvalue weighted by molar-refractivity contribution is 7.99. The molecule has 0 amide bonds. The zero-order chi connectivity index (χ0) is 14.5. The summed E-state index contributed by atoms with van der Waals surface area (Å²) in [6.07, 6.45) is 1.65. The fraction of sp³-hybridized carbons (Fsp3) is 0.267. The summed E-state index contributed by atoms with van der Waals surface area (Å²) in [6.45, 7) is 5.11. The number of nitrogens with zero attached hydrogens (tertiary/aromatic N) is 1. The van der Waals surface area contributed by atoms with Crippen LogP contribution in [0, 0.1) is 0 Å². The average Bonchev–Trinajstić information content (AvgIpc) is 2.42. The second-order valence-electron chi connectivity index (χ2n) is 4.38. The Balaban J connectivity index is 2.14. The minimum absolute atomic E-state index is 0.250. The predicted molar refractivity (Wildman–Crippen MR) is 86.9 cm³/mol. The van der Waals surface area contributed by atoms with Crippen LogP contribution in [0.1, 0.15) is 25.5 Å². The maximum Gasteiger partial charge on any atom is 0.101 e. The lowest BCUT2D eigenvalue weighted by Crippen LogP contribution is -2.17. The van der Waals surface area contributed by atoms with Crippen molar-refractivity contribution < 1.29 is 0 Å². The smallest absolute Gasteiger partial charge is 0.101 e. The Morgan fingerprint density at radius 3 is 2.65 bits per heavy atom. The molecule has 0 aliphatic heterocycles. The summed E-state index contributed by atoms with van der Waals surface area (Å²) >= 11 is 13.8. The highest BCUT2D eigenvalue weighted by Gasteiger charge is 2.09. The van der Waals surface area contributed by atoms with Crippen LogP contribution in [0.4, 0.5) is 0 Å². The Bertz CT molecular complexity index is 573. The van der Waals surface area contributed by atoms with Gasteiger partial charge >= 0.3 is 0 Å². The molecule has 20 heavy (non-hydrogen) atoms. The molecular weight excluding hydrogens is 311 g/mol. The van der Waals surface area contributed by atoms with Crippen LogP contribution < -0.4 is 5.32 Å². The van der Waals surface area contributed by atoms with Crippen molar-refractivity contribution in [3.05, 3.63) is 52.1 Å². The van der Waals surface area contributed by atoms with Gasteiger partial charge in [0.1, 0.15) is 5.03 Å². The van der Waals surface area contributed by atoms with E-state index in [9.17, 15) is 0 Å². The second kappa shape index (κ2) is 7.32. The van der Waals surface area contributed by atoms with Gasteiger partial charge in [0.15, 0.2) is 0 Å². The van der Waals surface area contributed by atoms with Crippen LogP contribution >= 0.6 is 35.0 Å². The van der Waals surface area contributed by atoms with Crippen molar-refractivity contribution in [1.82, 2.24) is 10.3 Å². The first-order valence-electron chi connectivity index (χ1n) is 6.42. The number of rotatable bonds is 5. The van der Waals surface area contributed by atoms with Gasteiger partial charge in [-0.15, -0.1) is 0 Å². The topological polar surface area (TPSA) is 24.9 Å². The van der Waals surface area contributed by atoms with Gasteiger partial charge in [-0.3, -0.25) is 0 Å². The Morgan fingerprint density at radius 2 is 2.05 bits per heavy atom. The number of hydrogen-bond acceptors (Lipinski definition) is 3. The zero-order valence-corrected chi connectivity index (χ0v) is 13.7. The maximum atomic E-state index is 6.36. The third kappa shape index (κ3) is 4.13. The highest BCUT2D eigenvalue weighted by atomic mass is 35.5. The third-order valence-electron chi connectivity index (χ3n) is 2.87. The van der Waals surface area contributed by atoms with Crippen molar-refractivity contribution in [2.75, 3.05) is 6.54 Å². The van der Waals surface area contributed by atoms with Crippen LogP contribution in [0.5, 0.6) is 0 Å². The van der Waals surface area contributed by atoms with E-state index in [4.69, 9.17) is 23.2 Å². The molecule has 1 aromatic carbocycles. The molecule has 1 atom stereocenters. The number of hydrogen-bond donors (Lipinski definition) is 1. The van der Waals surface area contributed by atoms with Gasteiger partial charge in [0.05, 0.1) is 5.02 Å². The van der Waals surface area contributed by atoms with Gasteiger partial charge in [-0.25, -0.2) is 4.98 Å². The van der Waals surface area contributed by atoms with Gasteiger partial charge in [-0.05, 0) is 43.3 Å². The number of halogens is 2. The van der Waals surface area contributed by atoms with Crippen LogP contribution in [0.2, 0.25) is 10.0 Å². The van der Waals surface area contributed by atoms with E-state index in [-0.39, 0.29) is 6.04 Å². The first-order chi connectivity index (χ1) is 9.60. The summed E-state index contributed by atoms with van der Waals surface area (Å²) < 4.78 is 0. The molecule has 2 aromatic rings. The number of nitrogens with one attached hydrogen (secondary N) is 1. The van der Waals surface area contributed by atoms with E-state index in [0.717, 1.165) is 27.1 Å². The van der Waals surface area contributed by atoms with Crippen LogP contribution in [-0.2, 0) is 0 Å². The van der Waals surface area contributed by atoms with Crippen molar-refractivity contribution in [2.24, 2.45) is 0 Å². The summed E-state index contributed by atoms with van der Waals surface area (Å²) in [5.74, 6) is 0. The normalized spacial score (nSPS) is 12.4. The summed E-state index contributed by atoms with van der Waals surface area (Å²) in [4.78, 5) is 5.33. The van der Waals surface area contributed by atoms with Crippen LogP contribution in [-0.4, -0.2) is 11.5 Å². The lowest BCUT2D eigenvalue weighted by Gasteiger charge is -2.15. The van der Waals surface area contributed by atoms with Crippen LogP contribution in [0.15, 0.2) is 46.5 Å². The molecule has 0 spiro atoms. The molecule has 0 fully saturated rings. The standard InChI is InChI=1S/C15H16Cl2N2S/c1-3-18-10(2)13-6-5-12(8-14(13)17)20-15-7-4-11(16)9-19-15/h4-10,18H,3H2,1-2H3. The Hall–Kier alpha value is -0.740. The average molecular weight is 327 g/mol. The molecule has 0 aliphatic rings. The molecule has 1 unspecified atom stereocenters. The fourth-order valence-electron chi connectivity index (χ4n) is 1.88. The van der Waals surface area contributed by atoms with Crippen LogP contribution in [0.25, 0.3) is 0 Å². The van der Waals surface area contributed by atoms with Crippen molar-refractivity contribution in [3.63, 3.8) is 0 Å². The summed E-state index contributed by atoms with van der Waals surface area (Å²) in [5, 5.41) is 5.68. The maximum absolute atomic E-state index is 6.36. The quantitative estimate of drug-likeness (QED) is 0.816. The van der Waals surface area contributed by atoms with Gasteiger partial charge in [0, 0.05) is 22.2 Å². The van der Waals surface area contributed by atoms with E-state index in [1.54, 1.807) is 18.0 Å². The van der Waals surface area contributed by atoms with E-state index in [1.807, 2.05) is 18.2 Å². The monoisotopic (exact) mass is 326 g/mol. The first-order valence-corrected chi connectivity index (χ1v) is 7.99. The van der Waals surface area contributed by atoms with Gasteiger partial charge in [0.25, 0.3) is 0 Å². The molecule has 0 saturated carbocycles. The molecule has 1 N–H and O–H groups in total. The molecule has 2 nitrogen and oxygen atoms in total. The van der Waals surface area contributed by atoms with Crippen molar-refractivity contribution in [3.8, 4) is 0 Å². The third-order valence-corrected chi connectivity index (χ3v) is 4.36. The Kier molecular flexibility index (Phi) is 5.73. The van der Waals surface area contributed by atoms with E-state index < -0.39 is 0 Å². The number of pyridine rings is 1. The molecule has 0 saturated heterocycles. The Labute approximate surface area is 133 Å². The fourth-order valence-corrected chi connectivity index (χ4v) is 3.20. The molecule has 0 aliphatic carbocycles. The lowest BCUT2D eigenvalue weighted by molar-refractivity contribution is 0.598. The largest absolute Gasteiger partial charge is 0.310 e. The summed E-state index contributed by atoms with van der Waals surface area (Å²) in [7, 11) is 0. The Morgan fingerprint density at radius 1 is 1.25 bits per heavy atom. The highest BCUT2D eigenvalue weighted by Crippen LogP contribution is 2.32. The lowest BCUT2D eigenvalue weighted by atomic mass is 10.1. The van der Waals surface area contributed by atoms with E-state index in [2.05, 4.69) is 36.3 Å². The van der Waals surface area contributed by atoms with Crippen molar-refractivity contribution in [2.45, 2.75) is 29.8 Å². The van der Waals surface area contributed by atoms with Gasteiger partial charge in [-0.2, -0.15) is 0 Å². The van der Waals surface area contributed by atoms with Gasteiger partial charge in [-0.1, -0.05) is 48.0 Å². The molecule has 0 bridgehead atoms. The molecule has 2 rings (SSSR count).